The van der Waals surface area contributed by atoms with E-state index in [9.17, 15) is 9.59 Å². The molecule has 2 fully saturated rings. The lowest BCUT2D eigenvalue weighted by atomic mass is 9.47. The van der Waals surface area contributed by atoms with Gasteiger partial charge in [0.2, 0.25) is 0 Å². The fourth-order valence-corrected chi connectivity index (χ4v) is 5.40. The highest BCUT2D eigenvalue weighted by Gasteiger charge is 2.61. The number of esters is 2. The third kappa shape index (κ3) is 2.03. The maximum Gasteiger partial charge on any atom is 0.331 e. The van der Waals surface area contributed by atoms with E-state index in [1.165, 1.54) is 6.92 Å². The molecule has 3 aliphatic rings. The summed E-state index contributed by atoms with van der Waals surface area (Å²) in [6, 6.07) is 0. The van der Waals surface area contributed by atoms with Crippen molar-refractivity contribution in [2.75, 3.05) is 0 Å². The number of rotatable bonds is 1. The van der Waals surface area contributed by atoms with E-state index in [4.69, 9.17) is 9.47 Å². The zero-order chi connectivity index (χ0) is 16.3. The predicted octanol–water partition coefficient (Wildman–Crippen LogP) is 3.40. The second-order valence-electron chi connectivity index (χ2n) is 8.18. The Labute approximate surface area is 132 Å². The van der Waals surface area contributed by atoms with Crippen molar-refractivity contribution in [2.45, 2.75) is 72.0 Å². The van der Waals surface area contributed by atoms with Gasteiger partial charge in [0, 0.05) is 18.4 Å². The summed E-state index contributed by atoms with van der Waals surface area (Å²) < 4.78 is 11.2. The number of ether oxygens (including phenoxy) is 2. The fraction of sp³-hybridized carbons (Fsp3) is 0.778. The first-order valence-corrected chi connectivity index (χ1v) is 8.22. The predicted molar refractivity (Wildman–Crippen MR) is 82.0 cm³/mol. The quantitative estimate of drug-likeness (QED) is 0.697. The van der Waals surface area contributed by atoms with E-state index in [0.717, 1.165) is 31.3 Å². The number of carbonyl (C=O) groups excluding carboxylic acids is 2. The molecule has 0 spiro atoms. The number of fused-ring (bicyclic) bond motifs is 3. The molecule has 0 unspecified atom stereocenters. The minimum absolute atomic E-state index is 0.0499. The SMILES string of the molecule is CC(=O)O[C@H]1CC[C@]2(C)C3=CC(=O)O[C@]3(C)CC[C@H]2C1(C)C. The topological polar surface area (TPSA) is 52.6 Å². The summed E-state index contributed by atoms with van der Waals surface area (Å²) in [5, 5.41) is 0. The van der Waals surface area contributed by atoms with Crippen LogP contribution in [0.3, 0.4) is 0 Å². The van der Waals surface area contributed by atoms with Crippen molar-refractivity contribution < 1.29 is 19.1 Å². The van der Waals surface area contributed by atoms with Crippen LogP contribution in [0.15, 0.2) is 11.6 Å². The van der Waals surface area contributed by atoms with Crippen LogP contribution in [0.4, 0.5) is 0 Å². The highest BCUT2D eigenvalue weighted by Crippen LogP contribution is 2.63. The van der Waals surface area contributed by atoms with Crippen molar-refractivity contribution in [3.63, 3.8) is 0 Å². The first kappa shape index (κ1) is 15.6. The Kier molecular flexibility index (Phi) is 3.25. The van der Waals surface area contributed by atoms with E-state index < -0.39 is 5.60 Å². The van der Waals surface area contributed by atoms with E-state index in [2.05, 4.69) is 20.8 Å². The molecule has 0 bridgehead atoms. The first-order valence-electron chi connectivity index (χ1n) is 8.22. The third-order valence-corrected chi connectivity index (χ3v) is 6.41. The summed E-state index contributed by atoms with van der Waals surface area (Å²) in [7, 11) is 0. The summed E-state index contributed by atoms with van der Waals surface area (Å²) >= 11 is 0. The normalized spacial score (nSPS) is 42.8. The lowest BCUT2D eigenvalue weighted by Crippen LogP contribution is -2.57. The fourth-order valence-electron chi connectivity index (χ4n) is 5.40. The molecule has 0 amide bonds. The molecular weight excluding hydrogens is 280 g/mol. The van der Waals surface area contributed by atoms with Crippen molar-refractivity contribution in [1.82, 2.24) is 0 Å². The summed E-state index contributed by atoms with van der Waals surface area (Å²) in [4.78, 5) is 23.3. The molecule has 0 N–H and O–H groups in total. The molecule has 4 heteroatoms. The third-order valence-electron chi connectivity index (χ3n) is 6.41. The Morgan fingerprint density at radius 3 is 2.55 bits per heavy atom. The van der Waals surface area contributed by atoms with Crippen LogP contribution < -0.4 is 0 Å². The van der Waals surface area contributed by atoms with Crippen LogP contribution >= 0.6 is 0 Å². The number of carbonyl (C=O) groups is 2. The van der Waals surface area contributed by atoms with Gasteiger partial charge in [0.25, 0.3) is 0 Å². The van der Waals surface area contributed by atoms with Crippen LogP contribution in [0.1, 0.15) is 60.3 Å². The Morgan fingerprint density at radius 2 is 1.91 bits per heavy atom. The molecular formula is C18H26O4. The first-order chi connectivity index (χ1) is 10.1. The molecule has 0 aromatic heterocycles. The molecule has 22 heavy (non-hydrogen) atoms. The molecule has 0 saturated heterocycles. The maximum atomic E-state index is 11.8. The molecule has 0 radical (unpaired) electrons. The molecule has 0 aromatic carbocycles. The second-order valence-corrected chi connectivity index (χ2v) is 8.18. The second kappa shape index (κ2) is 4.59. The summed E-state index contributed by atoms with van der Waals surface area (Å²) in [6.45, 7) is 10.2. The Hall–Kier alpha value is -1.32. The van der Waals surface area contributed by atoms with Gasteiger partial charge in [-0.25, -0.2) is 4.79 Å². The van der Waals surface area contributed by atoms with E-state index in [-0.39, 0.29) is 28.9 Å². The van der Waals surface area contributed by atoms with Gasteiger partial charge in [-0.15, -0.1) is 0 Å². The molecule has 2 saturated carbocycles. The van der Waals surface area contributed by atoms with Gasteiger partial charge in [-0.05, 0) is 49.5 Å². The zero-order valence-electron chi connectivity index (χ0n) is 14.2. The lowest BCUT2D eigenvalue weighted by Gasteiger charge is -2.59. The van der Waals surface area contributed by atoms with E-state index >= 15 is 0 Å². The maximum absolute atomic E-state index is 11.8. The zero-order valence-corrected chi connectivity index (χ0v) is 14.2. The standard InChI is InChI=1S/C18H26O4/c1-11(19)21-14-7-8-17(4)12(16(14,2)3)6-9-18(5)13(17)10-15(20)22-18/h10,12,14H,6-9H2,1-5H3/t12-,14-,17-,18+/m0/s1. The average molecular weight is 306 g/mol. The van der Waals surface area contributed by atoms with E-state index in [0.29, 0.717) is 5.92 Å². The van der Waals surface area contributed by atoms with Crippen LogP contribution in [-0.4, -0.2) is 23.6 Å². The summed E-state index contributed by atoms with van der Waals surface area (Å²) in [5.74, 6) is -0.0351. The monoisotopic (exact) mass is 306 g/mol. The molecule has 1 heterocycles. The molecule has 1 aliphatic heterocycles. The highest BCUT2D eigenvalue weighted by molar-refractivity contribution is 5.87. The Balaban J connectivity index is 1.98. The van der Waals surface area contributed by atoms with Crippen LogP contribution in [0, 0.1) is 16.7 Å². The van der Waals surface area contributed by atoms with Crippen molar-refractivity contribution in [1.29, 1.82) is 0 Å². The minimum Gasteiger partial charge on any atom is -0.462 e. The minimum atomic E-state index is -0.438. The van der Waals surface area contributed by atoms with Crippen LogP contribution in [0.5, 0.6) is 0 Å². The van der Waals surface area contributed by atoms with E-state index in [1.54, 1.807) is 6.08 Å². The summed E-state index contributed by atoms with van der Waals surface area (Å²) in [6.07, 6.45) is 5.27. The Morgan fingerprint density at radius 1 is 1.23 bits per heavy atom. The molecule has 4 atom stereocenters. The average Bonchev–Trinajstić information content (AvgIpc) is 2.69. The molecule has 3 rings (SSSR count). The van der Waals surface area contributed by atoms with Crippen molar-refractivity contribution in [3.8, 4) is 0 Å². The lowest BCUT2D eigenvalue weighted by molar-refractivity contribution is -0.173. The van der Waals surface area contributed by atoms with Crippen molar-refractivity contribution in [2.24, 2.45) is 16.7 Å². The largest absolute Gasteiger partial charge is 0.462 e. The molecule has 2 aliphatic carbocycles. The number of hydrogen-bond donors (Lipinski definition) is 0. The van der Waals surface area contributed by atoms with Gasteiger partial charge in [0.15, 0.2) is 0 Å². The van der Waals surface area contributed by atoms with Crippen LogP contribution in [0.25, 0.3) is 0 Å². The van der Waals surface area contributed by atoms with Gasteiger partial charge in [-0.2, -0.15) is 0 Å². The Bertz CT molecular complexity index is 561. The van der Waals surface area contributed by atoms with Gasteiger partial charge >= 0.3 is 11.9 Å². The van der Waals surface area contributed by atoms with Gasteiger partial charge in [-0.3, -0.25) is 4.79 Å². The molecule has 122 valence electrons. The van der Waals surface area contributed by atoms with Gasteiger partial charge in [-0.1, -0.05) is 20.8 Å². The van der Waals surface area contributed by atoms with Crippen LogP contribution in [-0.2, 0) is 19.1 Å². The highest BCUT2D eigenvalue weighted by atomic mass is 16.6. The van der Waals surface area contributed by atoms with Gasteiger partial charge in [0.05, 0.1) is 0 Å². The smallest absolute Gasteiger partial charge is 0.331 e. The summed E-state index contributed by atoms with van der Waals surface area (Å²) in [5.41, 5.74) is 0.550. The van der Waals surface area contributed by atoms with Gasteiger partial charge < -0.3 is 9.47 Å². The van der Waals surface area contributed by atoms with E-state index in [1.807, 2.05) is 6.92 Å². The van der Waals surface area contributed by atoms with Crippen molar-refractivity contribution >= 4 is 11.9 Å². The molecule has 4 nitrogen and oxygen atoms in total. The van der Waals surface area contributed by atoms with Crippen LogP contribution in [0.2, 0.25) is 0 Å². The number of hydrogen-bond acceptors (Lipinski definition) is 4. The molecule has 0 aromatic rings. The van der Waals surface area contributed by atoms with Gasteiger partial charge in [0.1, 0.15) is 11.7 Å². The van der Waals surface area contributed by atoms with Crippen molar-refractivity contribution in [3.05, 3.63) is 11.6 Å².